The molecule has 2 N–H and O–H groups in total. The summed E-state index contributed by atoms with van der Waals surface area (Å²) in [5, 5.41) is 0. The first-order valence-corrected chi connectivity index (χ1v) is 9.17. The Bertz CT molecular complexity index is 756. The highest BCUT2D eigenvalue weighted by atomic mass is 16.5. The number of amides is 2. The van der Waals surface area contributed by atoms with Crippen LogP contribution in [0.5, 0.6) is 5.75 Å². The fourth-order valence-corrected chi connectivity index (χ4v) is 2.65. The molecule has 0 saturated carbocycles. The smallest absolute Gasteiger partial charge is 0.269 e. The Labute approximate surface area is 160 Å². The van der Waals surface area contributed by atoms with E-state index in [2.05, 4.69) is 29.6 Å². The summed E-state index contributed by atoms with van der Waals surface area (Å²) in [5.74, 6) is 0.0913. The highest BCUT2D eigenvalue weighted by Gasteiger charge is 2.09. The van der Waals surface area contributed by atoms with Gasteiger partial charge in [0.15, 0.2) is 0 Å². The van der Waals surface area contributed by atoms with Gasteiger partial charge in [-0.1, -0.05) is 18.2 Å². The van der Waals surface area contributed by atoms with E-state index in [0.29, 0.717) is 5.56 Å². The molecular formula is C21H27N3O3. The average Bonchev–Trinajstić information content (AvgIpc) is 2.69. The Hall–Kier alpha value is -3.02. The second-order valence-electron chi connectivity index (χ2n) is 6.09. The third-order valence-electron chi connectivity index (χ3n) is 4.25. The van der Waals surface area contributed by atoms with Gasteiger partial charge in [-0.05, 0) is 56.7 Å². The van der Waals surface area contributed by atoms with E-state index in [9.17, 15) is 9.59 Å². The standard InChI is InChI=1S/C21H27N3O3/c1-4-24(5-2)18-12-10-17(11-13-18)21(26)23-22-20(25)14-15-27-19-9-7-6-8-16(19)3/h6-13H,4-5,14-15H2,1-3H3,(H,22,25)(H,23,26). The Morgan fingerprint density at radius 1 is 0.963 bits per heavy atom. The van der Waals surface area contributed by atoms with Gasteiger partial charge in [0.25, 0.3) is 5.91 Å². The van der Waals surface area contributed by atoms with Crippen LogP contribution in [0.1, 0.15) is 36.2 Å². The summed E-state index contributed by atoms with van der Waals surface area (Å²) in [6.45, 7) is 8.17. The molecule has 2 aromatic carbocycles. The van der Waals surface area contributed by atoms with E-state index in [4.69, 9.17) is 4.74 Å². The summed E-state index contributed by atoms with van der Waals surface area (Å²) >= 11 is 0. The van der Waals surface area contributed by atoms with E-state index in [0.717, 1.165) is 30.1 Å². The number of nitrogens with zero attached hydrogens (tertiary/aromatic N) is 1. The molecule has 0 heterocycles. The molecule has 0 aliphatic carbocycles. The molecule has 0 aliphatic heterocycles. The van der Waals surface area contributed by atoms with Crippen molar-refractivity contribution in [3.63, 3.8) is 0 Å². The molecule has 0 aromatic heterocycles. The number of aryl methyl sites for hydroxylation is 1. The van der Waals surface area contributed by atoms with Gasteiger partial charge >= 0.3 is 0 Å². The first-order chi connectivity index (χ1) is 13.0. The van der Waals surface area contributed by atoms with Gasteiger partial charge < -0.3 is 9.64 Å². The van der Waals surface area contributed by atoms with Crippen LogP contribution >= 0.6 is 0 Å². The summed E-state index contributed by atoms with van der Waals surface area (Å²) < 4.78 is 5.58. The van der Waals surface area contributed by atoms with Crippen molar-refractivity contribution in [2.24, 2.45) is 0 Å². The van der Waals surface area contributed by atoms with Crippen molar-refractivity contribution in [2.45, 2.75) is 27.2 Å². The minimum atomic E-state index is -0.353. The molecular weight excluding hydrogens is 342 g/mol. The fourth-order valence-electron chi connectivity index (χ4n) is 2.65. The van der Waals surface area contributed by atoms with Crippen molar-refractivity contribution in [1.29, 1.82) is 0 Å². The minimum absolute atomic E-state index is 0.148. The zero-order chi connectivity index (χ0) is 19.6. The molecule has 144 valence electrons. The van der Waals surface area contributed by atoms with Crippen LogP contribution in [0.4, 0.5) is 5.69 Å². The van der Waals surface area contributed by atoms with Crippen LogP contribution in [0.15, 0.2) is 48.5 Å². The number of anilines is 1. The van der Waals surface area contributed by atoms with Gasteiger partial charge in [0.1, 0.15) is 5.75 Å². The molecule has 2 rings (SSSR count). The molecule has 0 aliphatic rings. The number of carbonyl (C=O) groups is 2. The number of rotatable bonds is 8. The average molecular weight is 369 g/mol. The van der Waals surface area contributed by atoms with Crippen LogP contribution in [-0.2, 0) is 4.79 Å². The lowest BCUT2D eigenvalue weighted by atomic mass is 10.2. The zero-order valence-corrected chi connectivity index (χ0v) is 16.1. The number of hydrogen-bond donors (Lipinski definition) is 2. The number of benzene rings is 2. The van der Waals surface area contributed by atoms with Crippen LogP contribution in [-0.4, -0.2) is 31.5 Å². The Kier molecular flexibility index (Phi) is 7.67. The lowest BCUT2D eigenvalue weighted by Crippen LogP contribution is -2.42. The van der Waals surface area contributed by atoms with Gasteiger partial charge in [0.05, 0.1) is 13.0 Å². The number of nitrogens with one attached hydrogen (secondary N) is 2. The van der Waals surface area contributed by atoms with Crippen LogP contribution < -0.4 is 20.5 Å². The van der Waals surface area contributed by atoms with Gasteiger partial charge in [-0.2, -0.15) is 0 Å². The van der Waals surface area contributed by atoms with Gasteiger partial charge in [-0.3, -0.25) is 20.4 Å². The van der Waals surface area contributed by atoms with Crippen LogP contribution in [0.25, 0.3) is 0 Å². The topological polar surface area (TPSA) is 70.7 Å². The maximum absolute atomic E-state index is 12.1. The van der Waals surface area contributed by atoms with Crippen molar-refractivity contribution in [3.05, 3.63) is 59.7 Å². The highest BCUT2D eigenvalue weighted by Crippen LogP contribution is 2.16. The Morgan fingerprint density at radius 3 is 2.26 bits per heavy atom. The molecule has 2 aromatic rings. The number of hydrogen-bond acceptors (Lipinski definition) is 4. The van der Waals surface area contributed by atoms with Gasteiger partial charge in [-0.25, -0.2) is 0 Å². The summed E-state index contributed by atoms with van der Waals surface area (Å²) in [6, 6.07) is 14.9. The van der Waals surface area contributed by atoms with Crippen molar-refractivity contribution < 1.29 is 14.3 Å². The Balaban J connectivity index is 1.76. The second-order valence-corrected chi connectivity index (χ2v) is 6.09. The largest absolute Gasteiger partial charge is 0.493 e. The monoisotopic (exact) mass is 369 g/mol. The quantitative estimate of drug-likeness (QED) is 0.702. The summed E-state index contributed by atoms with van der Waals surface area (Å²) in [4.78, 5) is 26.2. The normalized spacial score (nSPS) is 10.2. The van der Waals surface area contributed by atoms with Crippen molar-refractivity contribution >= 4 is 17.5 Å². The first-order valence-electron chi connectivity index (χ1n) is 9.17. The highest BCUT2D eigenvalue weighted by molar-refractivity contribution is 5.95. The van der Waals surface area contributed by atoms with Crippen molar-refractivity contribution in [2.75, 3.05) is 24.6 Å². The number of ether oxygens (including phenoxy) is 1. The fraction of sp³-hybridized carbons (Fsp3) is 0.333. The molecule has 6 heteroatoms. The van der Waals surface area contributed by atoms with Crippen molar-refractivity contribution in [1.82, 2.24) is 10.9 Å². The maximum atomic E-state index is 12.1. The van der Waals surface area contributed by atoms with Crippen molar-refractivity contribution in [3.8, 4) is 5.75 Å². The first kappa shape index (κ1) is 20.3. The van der Waals surface area contributed by atoms with Gasteiger partial charge in [0, 0.05) is 24.3 Å². The molecule has 0 fully saturated rings. The zero-order valence-electron chi connectivity index (χ0n) is 16.1. The van der Waals surface area contributed by atoms with Crippen LogP contribution in [0.2, 0.25) is 0 Å². The van der Waals surface area contributed by atoms with E-state index in [1.54, 1.807) is 12.1 Å². The molecule has 2 amide bonds. The van der Waals surface area contributed by atoms with E-state index < -0.39 is 0 Å². The predicted octanol–water partition coefficient (Wildman–Crippen LogP) is 3.07. The molecule has 27 heavy (non-hydrogen) atoms. The van der Waals surface area contributed by atoms with Crippen LogP contribution in [0, 0.1) is 6.92 Å². The van der Waals surface area contributed by atoms with E-state index in [-0.39, 0.29) is 24.8 Å². The summed E-state index contributed by atoms with van der Waals surface area (Å²) in [6.07, 6.45) is 0.148. The maximum Gasteiger partial charge on any atom is 0.269 e. The second kappa shape index (κ2) is 10.2. The molecule has 0 unspecified atom stereocenters. The third kappa shape index (κ3) is 6.02. The molecule has 6 nitrogen and oxygen atoms in total. The van der Waals surface area contributed by atoms with Gasteiger partial charge in [-0.15, -0.1) is 0 Å². The molecule has 0 spiro atoms. The van der Waals surface area contributed by atoms with Gasteiger partial charge in [0.2, 0.25) is 5.91 Å². The van der Waals surface area contributed by atoms with E-state index in [1.807, 2.05) is 43.3 Å². The Morgan fingerprint density at radius 2 is 1.63 bits per heavy atom. The molecule has 0 radical (unpaired) electrons. The SMILES string of the molecule is CCN(CC)c1ccc(C(=O)NNC(=O)CCOc2ccccc2C)cc1. The molecule has 0 saturated heterocycles. The van der Waals surface area contributed by atoms with Crippen LogP contribution in [0.3, 0.4) is 0 Å². The number of carbonyl (C=O) groups excluding carboxylic acids is 2. The number of para-hydroxylation sites is 1. The number of hydrazine groups is 1. The summed E-state index contributed by atoms with van der Waals surface area (Å²) in [5.41, 5.74) is 7.41. The predicted molar refractivity (Wildman–Crippen MR) is 107 cm³/mol. The third-order valence-corrected chi connectivity index (χ3v) is 4.25. The van der Waals surface area contributed by atoms with E-state index in [1.165, 1.54) is 0 Å². The summed E-state index contributed by atoms with van der Waals surface area (Å²) in [7, 11) is 0. The molecule has 0 bridgehead atoms. The van der Waals surface area contributed by atoms with E-state index >= 15 is 0 Å². The lowest BCUT2D eigenvalue weighted by molar-refractivity contribution is -0.122. The minimum Gasteiger partial charge on any atom is -0.493 e. The lowest BCUT2D eigenvalue weighted by Gasteiger charge is -2.21. The molecule has 0 atom stereocenters.